The average molecular weight is 349 g/mol. The number of carbonyl (C=O) groups excluding carboxylic acids is 2. The Morgan fingerprint density at radius 3 is 2.56 bits per heavy atom. The van der Waals surface area contributed by atoms with Crippen LogP contribution in [0.3, 0.4) is 0 Å². The highest BCUT2D eigenvalue weighted by Gasteiger charge is 2.40. The van der Waals surface area contributed by atoms with E-state index in [9.17, 15) is 19.7 Å². The SMILES string of the molecule is CCOC(=O)C1(NCC(=O)Nc2ccccc2[N+](=O)[O-])CCCCC1. The minimum atomic E-state index is -0.853. The van der Waals surface area contributed by atoms with Crippen LogP contribution in [-0.2, 0) is 14.3 Å². The lowest BCUT2D eigenvalue weighted by molar-refractivity contribution is -0.383. The van der Waals surface area contributed by atoms with Crippen LogP contribution in [0.15, 0.2) is 24.3 Å². The van der Waals surface area contributed by atoms with Crippen molar-refractivity contribution >= 4 is 23.3 Å². The fourth-order valence-corrected chi connectivity index (χ4v) is 3.06. The number of para-hydroxylation sites is 2. The lowest BCUT2D eigenvalue weighted by atomic mass is 9.81. The molecule has 0 aromatic heterocycles. The number of hydrogen-bond acceptors (Lipinski definition) is 6. The van der Waals surface area contributed by atoms with Crippen molar-refractivity contribution in [3.63, 3.8) is 0 Å². The van der Waals surface area contributed by atoms with Gasteiger partial charge in [0.15, 0.2) is 0 Å². The van der Waals surface area contributed by atoms with Crippen LogP contribution in [0.4, 0.5) is 11.4 Å². The van der Waals surface area contributed by atoms with Crippen LogP contribution in [0, 0.1) is 10.1 Å². The van der Waals surface area contributed by atoms with Crippen LogP contribution in [0.25, 0.3) is 0 Å². The summed E-state index contributed by atoms with van der Waals surface area (Å²) in [7, 11) is 0. The van der Waals surface area contributed by atoms with E-state index in [2.05, 4.69) is 10.6 Å². The van der Waals surface area contributed by atoms with Gasteiger partial charge in [0.05, 0.1) is 18.1 Å². The maximum absolute atomic E-state index is 12.3. The van der Waals surface area contributed by atoms with E-state index in [1.54, 1.807) is 13.0 Å². The third-order valence-electron chi connectivity index (χ3n) is 4.34. The van der Waals surface area contributed by atoms with Crippen molar-refractivity contribution in [2.75, 3.05) is 18.5 Å². The maximum Gasteiger partial charge on any atom is 0.326 e. The Bertz CT molecular complexity index is 641. The molecule has 1 fully saturated rings. The number of benzene rings is 1. The average Bonchev–Trinajstić information content (AvgIpc) is 2.61. The van der Waals surface area contributed by atoms with Gasteiger partial charge in [0, 0.05) is 6.07 Å². The smallest absolute Gasteiger partial charge is 0.326 e. The van der Waals surface area contributed by atoms with Gasteiger partial charge >= 0.3 is 5.97 Å². The number of nitro benzene ring substituents is 1. The van der Waals surface area contributed by atoms with Gasteiger partial charge < -0.3 is 10.1 Å². The second kappa shape index (κ2) is 8.57. The molecular weight excluding hydrogens is 326 g/mol. The molecule has 0 aliphatic heterocycles. The fourth-order valence-electron chi connectivity index (χ4n) is 3.06. The third-order valence-corrected chi connectivity index (χ3v) is 4.34. The Morgan fingerprint density at radius 1 is 1.24 bits per heavy atom. The zero-order valence-electron chi connectivity index (χ0n) is 14.2. The predicted molar refractivity (Wildman–Crippen MR) is 92.2 cm³/mol. The highest BCUT2D eigenvalue weighted by Crippen LogP contribution is 2.29. The summed E-state index contributed by atoms with van der Waals surface area (Å²) in [4.78, 5) is 35.0. The largest absolute Gasteiger partial charge is 0.465 e. The maximum atomic E-state index is 12.3. The molecule has 0 unspecified atom stereocenters. The Hall–Kier alpha value is -2.48. The Morgan fingerprint density at radius 2 is 1.92 bits per heavy atom. The predicted octanol–water partition coefficient (Wildman–Crippen LogP) is 2.39. The molecule has 2 N–H and O–H groups in total. The quantitative estimate of drug-likeness (QED) is 0.444. The normalized spacial score (nSPS) is 16.0. The number of carbonyl (C=O) groups is 2. The summed E-state index contributed by atoms with van der Waals surface area (Å²) in [5, 5.41) is 16.6. The van der Waals surface area contributed by atoms with E-state index in [1.165, 1.54) is 18.2 Å². The van der Waals surface area contributed by atoms with Crippen LogP contribution >= 0.6 is 0 Å². The van der Waals surface area contributed by atoms with E-state index in [1.807, 2.05) is 0 Å². The lowest BCUT2D eigenvalue weighted by Gasteiger charge is -2.35. The molecule has 0 bridgehead atoms. The summed E-state index contributed by atoms with van der Waals surface area (Å²) in [5.41, 5.74) is -0.893. The van der Waals surface area contributed by atoms with Gasteiger partial charge in [-0.15, -0.1) is 0 Å². The Balaban J connectivity index is 2.02. The van der Waals surface area contributed by atoms with Crippen molar-refractivity contribution < 1.29 is 19.2 Å². The first-order chi connectivity index (χ1) is 12.0. The number of nitrogens with one attached hydrogen (secondary N) is 2. The molecule has 0 heterocycles. The summed E-state index contributed by atoms with van der Waals surface area (Å²) in [6, 6.07) is 5.93. The second-order valence-electron chi connectivity index (χ2n) is 6.04. The van der Waals surface area contributed by atoms with Crippen LogP contribution in [0.2, 0.25) is 0 Å². The zero-order chi connectivity index (χ0) is 18.3. The molecule has 1 saturated carbocycles. The van der Waals surface area contributed by atoms with Gasteiger partial charge in [-0.25, -0.2) is 0 Å². The van der Waals surface area contributed by atoms with E-state index < -0.39 is 16.4 Å². The van der Waals surface area contributed by atoms with Gasteiger partial charge in [-0.3, -0.25) is 25.0 Å². The molecule has 1 amide bonds. The van der Waals surface area contributed by atoms with Gasteiger partial charge in [-0.05, 0) is 25.8 Å². The van der Waals surface area contributed by atoms with Crippen LogP contribution in [0.5, 0.6) is 0 Å². The minimum Gasteiger partial charge on any atom is -0.465 e. The molecule has 0 radical (unpaired) electrons. The first-order valence-corrected chi connectivity index (χ1v) is 8.44. The molecule has 1 aliphatic rings. The molecule has 8 heteroatoms. The van der Waals surface area contributed by atoms with Crippen molar-refractivity contribution in [3.05, 3.63) is 34.4 Å². The van der Waals surface area contributed by atoms with E-state index >= 15 is 0 Å². The lowest BCUT2D eigenvalue weighted by Crippen LogP contribution is -2.56. The van der Waals surface area contributed by atoms with Crippen LogP contribution in [-0.4, -0.2) is 35.5 Å². The van der Waals surface area contributed by atoms with Crippen molar-refractivity contribution in [1.29, 1.82) is 0 Å². The van der Waals surface area contributed by atoms with Gasteiger partial charge in [0.2, 0.25) is 5.91 Å². The van der Waals surface area contributed by atoms with E-state index in [0.29, 0.717) is 12.8 Å². The molecule has 1 aromatic rings. The monoisotopic (exact) mass is 349 g/mol. The number of ether oxygens (including phenoxy) is 1. The van der Waals surface area contributed by atoms with Crippen molar-refractivity contribution in [1.82, 2.24) is 5.32 Å². The van der Waals surface area contributed by atoms with Crippen LogP contribution in [0.1, 0.15) is 39.0 Å². The number of amides is 1. The van der Waals surface area contributed by atoms with Crippen molar-refractivity contribution in [2.45, 2.75) is 44.6 Å². The molecule has 136 valence electrons. The highest BCUT2D eigenvalue weighted by atomic mass is 16.6. The summed E-state index contributed by atoms with van der Waals surface area (Å²) in [5.74, 6) is -0.781. The molecular formula is C17H23N3O5. The molecule has 2 rings (SSSR count). The summed E-state index contributed by atoms with van der Waals surface area (Å²) in [6.45, 7) is 1.91. The molecule has 1 aliphatic carbocycles. The highest BCUT2D eigenvalue weighted by molar-refractivity contribution is 5.95. The molecule has 8 nitrogen and oxygen atoms in total. The van der Waals surface area contributed by atoms with E-state index in [0.717, 1.165) is 19.3 Å². The number of anilines is 1. The fraction of sp³-hybridized carbons (Fsp3) is 0.529. The summed E-state index contributed by atoms with van der Waals surface area (Å²) in [6.07, 6.45) is 4.05. The Labute approximate surface area is 146 Å². The van der Waals surface area contributed by atoms with Crippen LogP contribution < -0.4 is 10.6 Å². The van der Waals surface area contributed by atoms with Gasteiger partial charge in [0.1, 0.15) is 11.2 Å². The second-order valence-corrected chi connectivity index (χ2v) is 6.04. The summed E-state index contributed by atoms with van der Waals surface area (Å²) >= 11 is 0. The van der Waals surface area contributed by atoms with E-state index in [-0.39, 0.29) is 30.5 Å². The number of hydrogen-bond donors (Lipinski definition) is 2. The molecule has 25 heavy (non-hydrogen) atoms. The first kappa shape index (κ1) is 18.9. The standard InChI is InChI=1S/C17H23N3O5/c1-2-25-16(22)17(10-6-3-7-11-17)18-12-15(21)19-13-8-4-5-9-14(13)20(23)24/h4-5,8-9,18H,2-3,6-7,10-12H2,1H3,(H,19,21). The van der Waals surface area contributed by atoms with E-state index in [4.69, 9.17) is 4.74 Å². The van der Waals surface area contributed by atoms with Gasteiger partial charge in [-0.1, -0.05) is 31.4 Å². The number of esters is 1. The summed E-state index contributed by atoms with van der Waals surface area (Å²) < 4.78 is 5.16. The number of rotatable bonds is 7. The zero-order valence-corrected chi connectivity index (χ0v) is 14.2. The van der Waals surface area contributed by atoms with Crippen molar-refractivity contribution in [3.8, 4) is 0 Å². The first-order valence-electron chi connectivity index (χ1n) is 8.44. The number of nitrogens with zero attached hydrogens (tertiary/aromatic N) is 1. The van der Waals surface area contributed by atoms with Gasteiger partial charge in [0.25, 0.3) is 5.69 Å². The van der Waals surface area contributed by atoms with Gasteiger partial charge in [-0.2, -0.15) is 0 Å². The minimum absolute atomic E-state index is 0.120. The Kier molecular flexibility index (Phi) is 6.46. The molecule has 1 aromatic carbocycles. The molecule has 0 saturated heterocycles. The van der Waals surface area contributed by atoms with Crippen molar-refractivity contribution in [2.24, 2.45) is 0 Å². The number of nitro groups is 1. The third kappa shape index (κ3) is 4.76. The topological polar surface area (TPSA) is 111 Å². The molecule has 0 atom stereocenters. The molecule has 0 spiro atoms.